The van der Waals surface area contributed by atoms with E-state index in [9.17, 15) is 9.59 Å². The van der Waals surface area contributed by atoms with Crippen LogP contribution in [0.1, 0.15) is 67.9 Å². The lowest BCUT2D eigenvalue weighted by Gasteiger charge is -2.50. The second kappa shape index (κ2) is 10.8. The lowest BCUT2D eigenvalue weighted by molar-refractivity contribution is -0.212. The summed E-state index contributed by atoms with van der Waals surface area (Å²) in [5.41, 5.74) is 0.458. The number of amides is 2. The Kier molecular flexibility index (Phi) is 8.89. The second-order valence-corrected chi connectivity index (χ2v) is 10.4. The molecule has 0 saturated carbocycles. The van der Waals surface area contributed by atoms with Crippen LogP contribution in [0, 0.1) is 11.8 Å². The van der Waals surface area contributed by atoms with Crippen LogP contribution in [0.2, 0.25) is 0 Å². The summed E-state index contributed by atoms with van der Waals surface area (Å²) in [6, 6.07) is 9.71. The average Bonchev–Trinajstić information content (AvgIpc) is 2.65. The molecule has 1 aliphatic rings. The number of rotatable bonds is 6. The van der Waals surface area contributed by atoms with Crippen LogP contribution in [0.25, 0.3) is 0 Å². The van der Waals surface area contributed by atoms with E-state index in [-0.39, 0.29) is 42.2 Å². The third-order valence-corrected chi connectivity index (χ3v) is 5.69. The van der Waals surface area contributed by atoms with E-state index in [1.54, 1.807) is 20.8 Å². The molecule has 1 aliphatic heterocycles. The van der Waals surface area contributed by atoms with E-state index < -0.39 is 17.7 Å². The van der Waals surface area contributed by atoms with E-state index in [4.69, 9.17) is 14.2 Å². The zero-order valence-electron chi connectivity index (χ0n) is 21.1. The maximum absolute atomic E-state index is 13.1. The number of carbonyl (C=O) groups is 2. The first-order valence-corrected chi connectivity index (χ1v) is 11.7. The Hall–Kier alpha value is -1.92. The number of hydrogen-bond donors (Lipinski definition) is 0. The predicted octanol–water partition coefficient (Wildman–Crippen LogP) is 5.23. The van der Waals surface area contributed by atoms with Gasteiger partial charge in [-0.2, -0.15) is 0 Å². The number of imide groups is 1. The van der Waals surface area contributed by atoms with Crippen LogP contribution in [0.15, 0.2) is 30.3 Å². The van der Waals surface area contributed by atoms with E-state index in [0.29, 0.717) is 6.42 Å². The Labute approximate surface area is 193 Å². The van der Waals surface area contributed by atoms with Crippen LogP contribution < -0.4 is 0 Å². The molecule has 2 unspecified atom stereocenters. The van der Waals surface area contributed by atoms with Crippen molar-refractivity contribution < 1.29 is 23.8 Å². The van der Waals surface area contributed by atoms with Crippen molar-refractivity contribution in [1.82, 2.24) is 4.90 Å². The summed E-state index contributed by atoms with van der Waals surface area (Å²) in [7, 11) is 0. The molecule has 5 atom stereocenters. The fourth-order valence-electron chi connectivity index (χ4n) is 4.43. The highest BCUT2D eigenvalue weighted by atomic mass is 16.6. The molecule has 1 saturated heterocycles. The quantitative estimate of drug-likeness (QED) is 0.597. The van der Waals surface area contributed by atoms with Crippen LogP contribution in [0.5, 0.6) is 0 Å². The first kappa shape index (κ1) is 26.3. The first-order valence-electron chi connectivity index (χ1n) is 11.7. The molecule has 1 fully saturated rings. The standard InChI is InChI=1S/C26H41NO5/c1-16(2)23-22(27(19(6)28)25(29)32-26(7,8)9)18(5)24(30-17(3)4)21(31-23)15-20-13-11-10-12-14-20/h10-14,16-18,21-24H,15H2,1-9H3/t18-,21?,22?,23+,24-/m1/s1. The van der Waals surface area contributed by atoms with E-state index in [2.05, 4.69) is 26.0 Å². The molecular weight excluding hydrogens is 406 g/mol. The van der Waals surface area contributed by atoms with Gasteiger partial charge in [-0.15, -0.1) is 0 Å². The summed E-state index contributed by atoms with van der Waals surface area (Å²) in [6.45, 7) is 16.9. The van der Waals surface area contributed by atoms with Gasteiger partial charge in [0, 0.05) is 19.3 Å². The molecule has 2 rings (SSSR count). The SMILES string of the molecule is CC(=O)N(C(=O)OC(C)(C)C)C1[C@H](C(C)C)OC(Cc2ccccc2)[C@H](OC(C)C)[C@@H]1C. The fourth-order valence-corrected chi connectivity index (χ4v) is 4.43. The van der Waals surface area contributed by atoms with Crippen molar-refractivity contribution in [2.75, 3.05) is 0 Å². The Morgan fingerprint density at radius 3 is 2.16 bits per heavy atom. The molecule has 0 aromatic heterocycles. The molecule has 1 aromatic rings. The van der Waals surface area contributed by atoms with E-state index in [1.165, 1.54) is 17.4 Å². The van der Waals surface area contributed by atoms with Crippen LogP contribution in [-0.2, 0) is 25.4 Å². The maximum atomic E-state index is 13.1. The van der Waals surface area contributed by atoms with Crippen molar-refractivity contribution in [2.45, 2.75) is 105 Å². The number of benzene rings is 1. The largest absolute Gasteiger partial charge is 0.443 e. The Morgan fingerprint density at radius 2 is 1.69 bits per heavy atom. The highest BCUT2D eigenvalue weighted by Crippen LogP contribution is 2.37. The molecule has 1 aromatic carbocycles. The Bertz CT molecular complexity index is 755. The van der Waals surface area contributed by atoms with Gasteiger partial charge < -0.3 is 14.2 Å². The minimum atomic E-state index is -0.708. The molecule has 0 aliphatic carbocycles. The van der Waals surface area contributed by atoms with Gasteiger partial charge in [0.05, 0.1) is 30.5 Å². The van der Waals surface area contributed by atoms with Crippen molar-refractivity contribution in [1.29, 1.82) is 0 Å². The summed E-state index contributed by atoms with van der Waals surface area (Å²) in [5.74, 6) is -0.399. The molecular formula is C26H41NO5. The third kappa shape index (κ3) is 6.79. The predicted molar refractivity (Wildman–Crippen MR) is 125 cm³/mol. The van der Waals surface area contributed by atoms with Crippen molar-refractivity contribution in [3.63, 3.8) is 0 Å². The molecule has 32 heavy (non-hydrogen) atoms. The van der Waals surface area contributed by atoms with Crippen LogP contribution in [0.3, 0.4) is 0 Å². The highest BCUT2D eigenvalue weighted by Gasteiger charge is 2.50. The summed E-state index contributed by atoms with van der Waals surface area (Å²) in [4.78, 5) is 27.1. The molecule has 0 spiro atoms. The summed E-state index contributed by atoms with van der Waals surface area (Å²) >= 11 is 0. The monoisotopic (exact) mass is 447 g/mol. The fraction of sp³-hybridized carbons (Fsp3) is 0.692. The van der Waals surface area contributed by atoms with Gasteiger partial charge in [-0.1, -0.05) is 51.1 Å². The third-order valence-electron chi connectivity index (χ3n) is 5.69. The van der Waals surface area contributed by atoms with Crippen molar-refractivity contribution in [3.05, 3.63) is 35.9 Å². The summed E-state index contributed by atoms with van der Waals surface area (Å²) in [6.07, 6.45) is -0.758. The topological polar surface area (TPSA) is 65.1 Å². The van der Waals surface area contributed by atoms with Crippen molar-refractivity contribution in [2.24, 2.45) is 11.8 Å². The second-order valence-electron chi connectivity index (χ2n) is 10.4. The van der Waals surface area contributed by atoms with E-state index in [0.717, 1.165) is 0 Å². The van der Waals surface area contributed by atoms with Gasteiger partial charge in [0.2, 0.25) is 5.91 Å². The molecule has 2 amide bonds. The van der Waals surface area contributed by atoms with Gasteiger partial charge in [-0.05, 0) is 46.1 Å². The van der Waals surface area contributed by atoms with Gasteiger partial charge >= 0.3 is 6.09 Å². The molecule has 0 radical (unpaired) electrons. The van der Waals surface area contributed by atoms with Crippen LogP contribution in [0.4, 0.5) is 4.79 Å². The van der Waals surface area contributed by atoms with E-state index >= 15 is 0 Å². The summed E-state index contributed by atoms with van der Waals surface area (Å²) < 4.78 is 18.6. The van der Waals surface area contributed by atoms with Gasteiger partial charge in [-0.3, -0.25) is 4.79 Å². The maximum Gasteiger partial charge on any atom is 0.417 e. The number of hydrogen-bond acceptors (Lipinski definition) is 5. The zero-order valence-corrected chi connectivity index (χ0v) is 21.1. The summed E-state index contributed by atoms with van der Waals surface area (Å²) in [5, 5.41) is 0. The number of nitrogens with zero attached hydrogens (tertiary/aromatic N) is 1. The minimum absolute atomic E-state index is 0.0205. The minimum Gasteiger partial charge on any atom is -0.443 e. The molecule has 6 nitrogen and oxygen atoms in total. The molecule has 1 heterocycles. The lowest BCUT2D eigenvalue weighted by atomic mass is 9.79. The zero-order chi connectivity index (χ0) is 24.2. The van der Waals surface area contributed by atoms with Crippen molar-refractivity contribution in [3.8, 4) is 0 Å². The lowest BCUT2D eigenvalue weighted by Crippen LogP contribution is -2.64. The molecule has 180 valence electrons. The smallest absolute Gasteiger partial charge is 0.417 e. The average molecular weight is 448 g/mol. The van der Waals surface area contributed by atoms with Gasteiger partial charge in [-0.25, -0.2) is 9.69 Å². The number of ether oxygens (including phenoxy) is 3. The van der Waals surface area contributed by atoms with E-state index in [1.807, 2.05) is 39.0 Å². The Balaban J connectivity index is 2.45. The number of carbonyl (C=O) groups excluding carboxylic acids is 2. The van der Waals surface area contributed by atoms with Gasteiger partial charge in [0.15, 0.2) is 0 Å². The highest BCUT2D eigenvalue weighted by molar-refractivity contribution is 5.91. The van der Waals surface area contributed by atoms with Gasteiger partial charge in [0.1, 0.15) is 5.60 Å². The normalized spacial score (nSPS) is 26.3. The molecule has 0 N–H and O–H groups in total. The Morgan fingerprint density at radius 1 is 1.09 bits per heavy atom. The van der Waals surface area contributed by atoms with Crippen molar-refractivity contribution >= 4 is 12.0 Å². The molecule has 6 heteroatoms. The van der Waals surface area contributed by atoms with Gasteiger partial charge in [0.25, 0.3) is 0 Å². The first-order chi connectivity index (χ1) is 14.8. The van der Waals surface area contributed by atoms with Crippen LogP contribution >= 0.6 is 0 Å². The van der Waals surface area contributed by atoms with Crippen LogP contribution in [-0.4, -0.2) is 53.0 Å². The molecule has 0 bridgehead atoms.